The molecule has 0 unspecified atom stereocenters. The fourth-order valence-electron chi connectivity index (χ4n) is 1.29. The quantitative estimate of drug-likeness (QED) is 0.707. The molecule has 4 N–H and O–H groups in total. The second-order valence-corrected chi connectivity index (χ2v) is 6.83. The molecule has 0 aliphatic rings. The predicted molar refractivity (Wildman–Crippen MR) is 80.8 cm³/mol. The fraction of sp³-hybridized carbons (Fsp3) is 0.100. The smallest absolute Gasteiger partial charge is 0.267 e. The highest BCUT2D eigenvalue weighted by molar-refractivity contribution is 7.91. The summed E-state index contributed by atoms with van der Waals surface area (Å²) in [5.41, 5.74) is 1.07. The predicted octanol–water partition coefficient (Wildman–Crippen LogP) is 0.672. The summed E-state index contributed by atoms with van der Waals surface area (Å²) in [5.74, 6) is 0. The Hall–Kier alpha value is -1.62. The van der Waals surface area contributed by atoms with Crippen LogP contribution in [0.1, 0.15) is 5.56 Å². The highest BCUT2D eigenvalue weighted by Crippen LogP contribution is 2.18. The van der Waals surface area contributed by atoms with Crippen LogP contribution in [-0.2, 0) is 16.6 Å². The molecule has 1 aromatic carbocycles. The second-order valence-electron chi connectivity index (χ2n) is 3.71. The molecule has 0 fully saturated rings. The van der Waals surface area contributed by atoms with Crippen LogP contribution in [0.3, 0.4) is 0 Å². The van der Waals surface area contributed by atoms with E-state index in [9.17, 15) is 8.42 Å². The van der Waals surface area contributed by atoms with E-state index in [0.29, 0.717) is 11.7 Å². The van der Waals surface area contributed by atoms with Crippen LogP contribution in [0.4, 0.5) is 5.13 Å². The van der Waals surface area contributed by atoms with Gasteiger partial charge in [-0.05, 0) is 17.8 Å². The normalized spacial score (nSPS) is 11.1. The first kappa shape index (κ1) is 14.8. The number of thiocarbonyl (C=S) groups is 1. The molecular formula is C10H11N5O2S3. The summed E-state index contributed by atoms with van der Waals surface area (Å²) in [6, 6.07) is 9.70. The van der Waals surface area contributed by atoms with Crippen LogP contribution in [0.5, 0.6) is 0 Å². The van der Waals surface area contributed by atoms with E-state index in [1.165, 1.54) is 0 Å². The zero-order chi connectivity index (χ0) is 14.6. The van der Waals surface area contributed by atoms with Gasteiger partial charge in [-0.3, -0.25) is 0 Å². The van der Waals surface area contributed by atoms with Crippen LogP contribution in [0.25, 0.3) is 0 Å². The lowest BCUT2D eigenvalue weighted by molar-refractivity contribution is 0.596. The van der Waals surface area contributed by atoms with Crippen LogP contribution >= 0.6 is 23.6 Å². The average Bonchev–Trinajstić information content (AvgIpc) is 2.86. The molecule has 0 saturated carbocycles. The zero-order valence-electron chi connectivity index (χ0n) is 10.1. The summed E-state index contributed by atoms with van der Waals surface area (Å²) >= 11 is 5.89. The Bertz CT molecular complexity index is 699. The number of anilines is 1. The third kappa shape index (κ3) is 4.20. The number of nitrogens with two attached hydrogens (primary N) is 1. The summed E-state index contributed by atoms with van der Waals surface area (Å²) < 4.78 is 21.8. The number of rotatable bonds is 4. The van der Waals surface area contributed by atoms with Crippen LogP contribution in [0, 0.1) is 0 Å². The van der Waals surface area contributed by atoms with Gasteiger partial charge in [0, 0.05) is 6.54 Å². The second kappa shape index (κ2) is 6.22. The van der Waals surface area contributed by atoms with Gasteiger partial charge in [0.1, 0.15) is 0 Å². The summed E-state index contributed by atoms with van der Waals surface area (Å²) in [6.07, 6.45) is 0. The maximum atomic E-state index is 11.1. The van der Waals surface area contributed by atoms with Crippen molar-refractivity contribution in [1.29, 1.82) is 0 Å². The molecule has 0 amide bonds. The van der Waals surface area contributed by atoms with Gasteiger partial charge in [0.25, 0.3) is 10.0 Å². The Kier molecular flexibility index (Phi) is 4.60. The van der Waals surface area contributed by atoms with Gasteiger partial charge < -0.3 is 10.6 Å². The number of hydrogen-bond acceptors (Lipinski definition) is 6. The van der Waals surface area contributed by atoms with E-state index >= 15 is 0 Å². The molecule has 0 spiro atoms. The van der Waals surface area contributed by atoms with Crippen molar-refractivity contribution < 1.29 is 8.42 Å². The third-order valence-corrected chi connectivity index (χ3v) is 4.56. The first-order valence-electron chi connectivity index (χ1n) is 5.40. The lowest BCUT2D eigenvalue weighted by Crippen LogP contribution is -2.27. The summed E-state index contributed by atoms with van der Waals surface area (Å²) in [7, 11) is -3.83. The van der Waals surface area contributed by atoms with Gasteiger partial charge in [-0.25, -0.2) is 13.6 Å². The number of nitrogens with zero attached hydrogens (tertiary/aromatic N) is 2. The Balaban J connectivity index is 1.90. The summed E-state index contributed by atoms with van der Waals surface area (Å²) in [5, 5.41) is 18.4. The molecule has 2 aromatic rings. The van der Waals surface area contributed by atoms with Crippen molar-refractivity contribution in [2.45, 2.75) is 10.9 Å². The van der Waals surface area contributed by atoms with Crippen molar-refractivity contribution in [1.82, 2.24) is 15.5 Å². The van der Waals surface area contributed by atoms with Gasteiger partial charge in [0.2, 0.25) is 9.47 Å². The van der Waals surface area contributed by atoms with E-state index < -0.39 is 10.0 Å². The SMILES string of the molecule is NS(=O)(=O)c1nnc(NC(=S)NCc2ccccc2)s1. The molecule has 2 rings (SSSR count). The van der Waals surface area contributed by atoms with E-state index in [0.717, 1.165) is 16.9 Å². The van der Waals surface area contributed by atoms with E-state index in [1.807, 2.05) is 30.3 Å². The monoisotopic (exact) mass is 329 g/mol. The maximum absolute atomic E-state index is 11.1. The van der Waals surface area contributed by atoms with Crippen molar-refractivity contribution in [2.75, 3.05) is 5.32 Å². The molecule has 10 heteroatoms. The molecule has 106 valence electrons. The van der Waals surface area contributed by atoms with Crippen LogP contribution < -0.4 is 15.8 Å². The molecule has 0 bridgehead atoms. The molecule has 20 heavy (non-hydrogen) atoms. The fourth-order valence-corrected chi connectivity index (χ4v) is 2.87. The summed E-state index contributed by atoms with van der Waals surface area (Å²) in [6.45, 7) is 0.549. The Morgan fingerprint density at radius 2 is 2.00 bits per heavy atom. The molecule has 1 aromatic heterocycles. The highest BCUT2D eigenvalue weighted by Gasteiger charge is 2.15. The van der Waals surface area contributed by atoms with E-state index in [1.54, 1.807) is 0 Å². The number of primary sulfonamides is 1. The van der Waals surface area contributed by atoms with Crippen molar-refractivity contribution in [3.05, 3.63) is 35.9 Å². The number of nitrogens with one attached hydrogen (secondary N) is 2. The molecule has 0 radical (unpaired) electrons. The minimum absolute atomic E-state index is 0.258. The van der Waals surface area contributed by atoms with Crippen molar-refractivity contribution in [3.8, 4) is 0 Å². The largest absolute Gasteiger partial charge is 0.358 e. The molecule has 0 aliphatic carbocycles. The van der Waals surface area contributed by atoms with E-state index in [4.69, 9.17) is 17.4 Å². The number of aromatic nitrogens is 2. The first-order chi connectivity index (χ1) is 9.45. The van der Waals surface area contributed by atoms with E-state index in [-0.39, 0.29) is 9.47 Å². The molecule has 0 aliphatic heterocycles. The molecule has 1 heterocycles. The first-order valence-corrected chi connectivity index (χ1v) is 8.17. The maximum Gasteiger partial charge on any atom is 0.267 e. The molecule has 7 nitrogen and oxygen atoms in total. The lowest BCUT2D eigenvalue weighted by Gasteiger charge is -2.07. The van der Waals surface area contributed by atoms with Crippen molar-refractivity contribution in [2.24, 2.45) is 5.14 Å². The molecular weight excluding hydrogens is 318 g/mol. The molecule has 0 atom stereocenters. The van der Waals surface area contributed by atoms with E-state index in [2.05, 4.69) is 20.8 Å². The average molecular weight is 329 g/mol. The third-order valence-electron chi connectivity index (χ3n) is 2.17. The number of sulfonamides is 1. The van der Waals surface area contributed by atoms with Gasteiger partial charge >= 0.3 is 0 Å². The standard InChI is InChI=1S/C10H11N5O2S3/c11-20(16,17)10-15-14-9(19-10)13-8(18)12-6-7-4-2-1-3-5-7/h1-5H,6H2,(H2,11,16,17)(H2,12,13,14,18). The topological polar surface area (TPSA) is 110 Å². The lowest BCUT2D eigenvalue weighted by atomic mass is 10.2. The van der Waals surface area contributed by atoms with Gasteiger partial charge in [-0.15, -0.1) is 10.2 Å². The van der Waals surface area contributed by atoms with Crippen molar-refractivity contribution >= 4 is 43.8 Å². The Morgan fingerprint density at radius 1 is 1.30 bits per heavy atom. The number of hydrogen-bond donors (Lipinski definition) is 3. The minimum atomic E-state index is -3.83. The number of benzene rings is 1. The Morgan fingerprint density at radius 3 is 2.60 bits per heavy atom. The Labute approximate surface area is 125 Å². The molecule has 0 saturated heterocycles. The van der Waals surface area contributed by atoms with Gasteiger partial charge in [-0.1, -0.05) is 41.7 Å². The van der Waals surface area contributed by atoms with Gasteiger partial charge in [0.15, 0.2) is 5.11 Å². The van der Waals surface area contributed by atoms with Crippen LogP contribution in [0.2, 0.25) is 0 Å². The van der Waals surface area contributed by atoms with Gasteiger partial charge in [-0.2, -0.15) is 0 Å². The highest BCUT2D eigenvalue weighted by atomic mass is 32.2. The summed E-state index contributed by atoms with van der Waals surface area (Å²) in [4.78, 5) is 0. The van der Waals surface area contributed by atoms with Crippen LogP contribution in [0.15, 0.2) is 34.7 Å². The minimum Gasteiger partial charge on any atom is -0.358 e. The van der Waals surface area contributed by atoms with Gasteiger partial charge in [0.05, 0.1) is 0 Å². The zero-order valence-corrected chi connectivity index (χ0v) is 12.6. The van der Waals surface area contributed by atoms with Crippen molar-refractivity contribution in [3.63, 3.8) is 0 Å². The van der Waals surface area contributed by atoms with Crippen LogP contribution in [-0.4, -0.2) is 23.7 Å².